The number of carbonyl (C=O) groups excluding carboxylic acids is 1. The summed E-state index contributed by atoms with van der Waals surface area (Å²) in [4.78, 5) is 11.2. The summed E-state index contributed by atoms with van der Waals surface area (Å²) in [5, 5.41) is 6.11. The minimum Gasteiger partial charge on any atom is -0.356 e. The van der Waals surface area contributed by atoms with Crippen LogP contribution in [0.25, 0.3) is 0 Å². The number of carbonyl (C=O) groups is 1. The highest BCUT2D eigenvalue weighted by atomic mass is 16.1. The first-order valence-electron chi connectivity index (χ1n) is 4.87. The molecule has 4 heteroatoms. The van der Waals surface area contributed by atoms with Gasteiger partial charge in [0.15, 0.2) is 0 Å². The molecule has 0 aliphatic carbocycles. The third-order valence-corrected chi connectivity index (χ3v) is 1.65. The molecule has 0 saturated carbocycles. The topological polar surface area (TPSA) is 41.1 Å². The van der Waals surface area contributed by atoms with Crippen LogP contribution in [-0.4, -0.2) is 33.9 Å². The molecule has 3 nitrogen and oxygen atoms in total. The predicted octanol–water partition coefficient (Wildman–Crippen LogP) is -0.0662. The third kappa shape index (κ3) is 9.41. The Morgan fingerprint density at radius 3 is 2.54 bits per heavy atom. The zero-order valence-corrected chi connectivity index (χ0v) is 9.24. The summed E-state index contributed by atoms with van der Waals surface area (Å²) < 4.78 is 0. The fraction of sp³-hybridized carbons (Fsp3) is 0.889. The van der Waals surface area contributed by atoms with E-state index in [2.05, 4.69) is 32.3 Å². The van der Waals surface area contributed by atoms with Gasteiger partial charge in [0.2, 0.25) is 5.91 Å². The Kier molecular flexibility index (Phi) is 5.79. The van der Waals surface area contributed by atoms with E-state index in [1.54, 1.807) is 0 Å². The van der Waals surface area contributed by atoms with Crippen LogP contribution in [0.5, 0.6) is 0 Å². The van der Waals surface area contributed by atoms with Gasteiger partial charge in [-0.3, -0.25) is 4.79 Å². The molecule has 76 valence electrons. The highest BCUT2D eigenvalue weighted by molar-refractivity contribution is 6.14. The lowest BCUT2D eigenvalue weighted by Gasteiger charge is -2.18. The van der Waals surface area contributed by atoms with Crippen molar-refractivity contribution in [2.75, 3.05) is 20.1 Å². The van der Waals surface area contributed by atoms with E-state index < -0.39 is 0 Å². The van der Waals surface area contributed by atoms with E-state index in [0.29, 0.717) is 6.42 Å². The van der Waals surface area contributed by atoms with Gasteiger partial charge in [-0.05, 0) is 25.3 Å². The molecule has 0 atom stereocenters. The molecule has 0 radical (unpaired) electrons. The number of hydrogen-bond acceptors (Lipinski definition) is 2. The first-order valence-corrected chi connectivity index (χ1v) is 4.87. The van der Waals surface area contributed by atoms with Crippen LogP contribution in [0.3, 0.4) is 0 Å². The molecule has 0 spiro atoms. The summed E-state index contributed by atoms with van der Waals surface area (Å²) in [5.41, 5.74) is 0. The minimum atomic E-state index is 0.158. The van der Waals surface area contributed by atoms with E-state index >= 15 is 0 Å². The van der Waals surface area contributed by atoms with Crippen molar-refractivity contribution in [2.24, 2.45) is 0 Å². The lowest BCUT2D eigenvalue weighted by molar-refractivity contribution is -0.121. The van der Waals surface area contributed by atoms with Gasteiger partial charge in [-0.2, -0.15) is 0 Å². The Balaban J connectivity index is 3.41. The first kappa shape index (κ1) is 12.5. The van der Waals surface area contributed by atoms with Crippen LogP contribution < -0.4 is 10.6 Å². The van der Waals surface area contributed by atoms with Crippen LogP contribution in [0, 0.1) is 0 Å². The van der Waals surface area contributed by atoms with Gasteiger partial charge in [0.1, 0.15) is 7.85 Å². The van der Waals surface area contributed by atoms with E-state index in [4.69, 9.17) is 0 Å². The summed E-state index contributed by atoms with van der Waals surface area (Å²) in [5.74, 6) is 0.158. The predicted molar refractivity (Wildman–Crippen MR) is 58.8 cm³/mol. The van der Waals surface area contributed by atoms with Crippen LogP contribution in [-0.2, 0) is 4.79 Å². The standard InChI is InChI=1S/C9H21BN2O/c1-9(2,10)7-12-8(13)5-4-6-11-3/h11H,4-7,10H2,1-3H3,(H,12,13). The van der Waals surface area contributed by atoms with Crippen molar-refractivity contribution in [3.63, 3.8) is 0 Å². The molecule has 0 fully saturated rings. The highest BCUT2D eigenvalue weighted by Crippen LogP contribution is 2.15. The smallest absolute Gasteiger partial charge is 0.220 e. The van der Waals surface area contributed by atoms with Crippen LogP contribution in [0.4, 0.5) is 0 Å². The van der Waals surface area contributed by atoms with Gasteiger partial charge >= 0.3 is 0 Å². The van der Waals surface area contributed by atoms with Gasteiger partial charge in [0.05, 0.1) is 0 Å². The van der Waals surface area contributed by atoms with E-state index in [0.717, 1.165) is 19.5 Å². The summed E-state index contributed by atoms with van der Waals surface area (Å²) in [6.45, 7) is 5.89. The molecule has 0 rings (SSSR count). The molecule has 0 saturated heterocycles. The molecular formula is C9H21BN2O. The fourth-order valence-corrected chi connectivity index (χ4v) is 0.878. The Labute approximate surface area is 82.1 Å². The Bertz CT molecular complexity index is 154. The van der Waals surface area contributed by atoms with Gasteiger partial charge in [0, 0.05) is 13.0 Å². The average molecular weight is 184 g/mol. The summed E-state index contributed by atoms with van der Waals surface area (Å²) in [6.07, 6.45) is 1.53. The normalized spacial score (nSPS) is 11.3. The Hall–Kier alpha value is -0.505. The zero-order chi connectivity index (χ0) is 10.3. The number of hydrogen-bond donors (Lipinski definition) is 2. The summed E-state index contributed by atoms with van der Waals surface area (Å²) in [7, 11) is 4.01. The van der Waals surface area contributed by atoms with Gasteiger partial charge < -0.3 is 10.6 Å². The lowest BCUT2D eigenvalue weighted by atomic mass is 9.72. The van der Waals surface area contributed by atoms with E-state index in [-0.39, 0.29) is 11.2 Å². The molecule has 0 bridgehead atoms. The lowest BCUT2D eigenvalue weighted by Crippen LogP contribution is -2.30. The molecule has 2 N–H and O–H groups in total. The average Bonchev–Trinajstić information content (AvgIpc) is 2.00. The molecule has 0 heterocycles. The van der Waals surface area contributed by atoms with Crippen LogP contribution in [0.1, 0.15) is 26.7 Å². The van der Waals surface area contributed by atoms with Crippen molar-refractivity contribution in [2.45, 2.75) is 32.0 Å². The Morgan fingerprint density at radius 1 is 1.46 bits per heavy atom. The van der Waals surface area contributed by atoms with Crippen LogP contribution in [0.2, 0.25) is 5.31 Å². The van der Waals surface area contributed by atoms with E-state index in [1.165, 1.54) is 0 Å². The second kappa shape index (κ2) is 6.03. The Morgan fingerprint density at radius 2 is 2.08 bits per heavy atom. The van der Waals surface area contributed by atoms with E-state index in [9.17, 15) is 4.79 Å². The molecule has 0 aromatic rings. The SMILES string of the molecule is BC(C)(C)CNC(=O)CCCNC. The third-order valence-electron chi connectivity index (χ3n) is 1.65. The van der Waals surface area contributed by atoms with E-state index in [1.807, 2.05) is 7.05 Å². The van der Waals surface area contributed by atoms with Crippen LogP contribution in [0.15, 0.2) is 0 Å². The van der Waals surface area contributed by atoms with Crippen molar-refractivity contribution < 1.29 is 4.79 Å². The van der Waals surface area contributed by atoms with Gasteiger partial charge in [-0.15, -0.1) is 0 Å². The van der Waals surface area contributed by atoms with Gasteiger partial charge in [0.25, 0.3) is 0 Å². The van der Waals surface area contributed by atoms with Crippen molar-refractivity contribution in [1.82, 2.24) is 10.6 Å². The second-order valence-corrected chi connectivity index (χ2v) is 4.54. The van der Waals surface area contributed by atoms with Crippen molar-refractivity contribution >= 4 is 13.8 Å². The maximum atomic E-state index is 11.2. The second-order valence-electron chi connectivity index (χ2n) is 4.54. The summed E-state index contributed by atoms with van der Waals surface area (Å²) in [6, 6.07) is 0. The first-order chi connectivity index (χ1) is 5.95. The minimum absolute atomic E-state index is 0.158. The maximum absolute atomic E-state index is 11.2. The van der Waals surface area contributed by atoms with Gasteiger partial charge in [-0.1, -0.05) is 13.8 Å². The largest absolute Gasteiger partial charge is 0.356 e. The molecule has 0 aromatic heterocycles. The molecule has 0 unspecified atom stereocenters. The number of amides is 1. The molecule has 0 aromatic carbocycles. The highest BCUT2D eigenvalue weighted by Gasteiger charge is 2.11. The number of rotatable bonds is 6. The maximum Gasteiger partial charge on any atom is 0.220 e. The quantitative estimate of drug-likeness (QED) is 0.448. The monoisotopic (exact) mass is 184 g/mol. The molecular weight excluding hydrogens is 163 g/mol. The van der Waals surface area contributed by atoms with Gasteiger partial charge in [-0.25, -0.2) is 0 Å². The summed E-state index contributed by atoms with van der Waals surface area (Å²) >= 11 is 0. The molecule has 1 amide bonds. The van der Waals surface area contributed by atoms with Crippen LogP contribution >= 0.6 is 0 Å². The molecule has 13 heavy (non-hydrogen) atoms. The molecule has 0 aliphatic heterocycles. The van der Waals surface area contributed by atoms with Crippen molar-refractivity contribution in [1.29, 1.82) is 0 Å². The van der Waals surface area contributed by atoms with Crippen molar-refractivity contribution in [3.05, 3.63) is 0 Å². The number of nitrogens with one attached hydrogen (secondary N) is 2. The van der Waals surface area contributed by atoms with Crippen molar-refractivity contribution in [3.8, 4) is 0 Å². The fourth-order valence-electron chi connectivity index (χ4n) is 0.878. The zero-order valence-electron chi connectivity index (χ0n) is 9.24. The molecule has 0 aliphatic rings.